The van der Waals surface area contributed by atoms with Gasteiger partial charge in [0.2, 0.25) is 0 Å². The molecule has 0 heterocycles. The third-order valence-electron chi connectivity index (χ3n) is 1.75. The Morgan fingerprint density at radius 3 is 2.40 bits per heavy atom. The number of carboxylic acid groups (broad SMARTS) is 1. The fraction of sp³-hybridized carbons (Fsp3) is 0.667. The number of aliphatic hydroxyl groups excluding tert-OH is 1. The number of hydrogen-bond acceptors (Lipinski definition) is 3. The lowest BCUT2D eigenvalue weighted by Crippen LogP contribution is -2.40. The average Bonchev–Trinajstić information content (AvgIpc) is 1.84. The number of aliphatic hydroxyl groups is 1. The standard InChI is InChI=1S/C6H8O4/c7-4-2-1-3(4)5(8)6(9)10/h3,5,8H,1-2H2,(H,9,10)/t3-,5-/m0/s1. The number of hydrogen-bond donors (Lipinski definition) is 2. The minimum absolute atomic E-state index is 0.144. The zero-order valence-corrected chi connectivity index (χ0v) is 5.28. The van der Waals surface area contributed by atoms with Gasteiger partial charge in [0, 0.05) is 6.42 Å². The lowest BCUT2D eigenvalue weighted by atomic mass is 9.80. The van der Waals surface area contributed by atoms with Crippen LogP contribution in [0, 0.1) is 5.92 Å². The van der Waals surface area contributed by atoms with Gasteiger partial charge in [-0.1, -0.05) is 0 Å². The van der Waals surface area contributed by atoms with E-state index >= 15 is 0 Å². The van der Waals surface area contributed by atoms with Gasteiger partial charge in [-0.25, -0.2) is 4.79 Å². The second kappa shape index (κ2) is 2.38. The Bertz CT molecular complexity index is 167. The Labute approximate surface area is 57.5 Å². The van der Waals surface area contributed by atoms with Crippen LogP contribution in [0.4, 0.5) is 0 Å². The van der Waals surface area contributed by atoms with Crippen LogP contribution in [0.1, 0.15) is 12.8 Å². The summed E-state index contributed by atoms with van der Waals surface area (Å²) in [5, 5.41) is 17.0. The van der Waals surface area contributed by atoms with Gasteiger partial charge in [-0.2, -0.15) is 0 Å². The van der Waals surface area contributed by atoms with E-state index in [9.17, 15) is 9.59 Å². The highest BCUT2D eigenvalue weighted by atomic mass is 16.4. The number of carboxylic acids is 1. The van der Waals surface area contributed by atoms with E-state index in [1.807, 2.05) is 0 Å². The first-order valence-electron chi connectivity index (χ1n) is 3.06. The van der Waals surface area contributed by atoms with Gasteiger partial charge in [-0.3, -0.25) is 4.79 Å². The van der Waals surface area contributed by atoms with E-state index in [1.54, 1.807) is 0 Å². The molecule has 1 aliphatic carbocycles. The molecule has 4 nitrogen and oxygen atoms in total. The Hall–Kier alpha value is -0.900. The van der Waals surface area contributed by atoms with Crippen LogP contribution < -0.4 is 0 Å². The molecule has 1 saturated carbocycles. The van der Waals surface area contributed by atoms with Gasteiger partial charge in [0.1, 0.15) is 5.78 Å². The van der Waals surface area contributed by atoms with Crippen molar-refractivity contribution in [3.63, 3.8) is 0 Å². The molecule has 0 aromatic rings. The lowest BCUT2D eigenvalue weighted by molar-refractivity contribution is -0.156. The van der Waals surface area contributed by atoms with Crippen molar-refractivity contribution < 1.29 is 19.8 Å². The maximum atomic E-state index is 10.6. The van der Waals surface area contributed by atoms with Crippen molar-refractivity contribution in [3.8, 4) is 0 Å². The Morgan fingerprint density at radius 2 is 2.30 bits per heavy atom. The molecule has 0 radical (unpaired) electrons. The first-order chi connectivity index (χ1) is 4.63. The van der Waals surface area contributed by atoms with Crippen LogP contribution in [-0.4, -0.2) is 28.1 Å². The van der Waals surface area contributed by atoms with Gasteiger partial charge in [0.15, 0.2) is 6.10 Å². The van der Waals surface area contributed by atoms with Crippen molar-refractivity contribution in [2.24, 2.45) is 5.92 Å². The summed E-state index contributed by atoms with van der Waals surface area (Å²) >= 11 is 0. The normalized spacial score (nSPS) is 27.3. The molecule has 1 rings (SSSR count). The van der Waals surface area contributed by atoms with Crippen molar-refractivity contribution in [3.05, 3.63) is 0 Å². The van der Waals surface area contributed by atoms with Crippen LogP contribution in [0.5, 0.6) is 0 Å². The second-order valence-corrected chi connectivity index (χ2v) is 2.39. The highest BCUT2D eigenvalue weighted by Crippen LogP contribution is 2.25. The molecule has 0 spiro atoms. The molecule has 0 bridgehead atoms. The monoisotopic (exact) mass is 144 g/mol. The number of carbonyl (C=O) groups excluding carboxylic acids is 1. The first kappa shape index (κ1) is 7.21. The summed E-state index contributed by atoms with van der Waals surface area (Å²) in [4.78, 5) is 20.6. The van der Waals surface area contributed by atoms with E-state index < -0.39 is 18.0 Å². The predicted octanol–water partition coefficient (Wildman–Crippen LogP) is -0.589. The summed E-state index contributed by atoms with van der Waals surface area (Å²) in [5.41, 5.74) is 0. The summed E-state index contributed by atoms with van der Waals surface area (Å²) in [6.07, 6.45) is -0.567. The molecule has 10 heavy (non-hydrogen) atoms. The van der Waals surface area contributed by atoms with Gasteiger partial charge in [0.25, 0.3) is 0 Å². The zero-order valence-electron chi connectivity index (χ0n) is 5.28. The van der Waals surface area contributed by atoms with E-state index in [1.165, 1.54) is 0 Å². The zero-order chi connectivity index (χ0) is 7.72. The molecule has 0 unspecified atom stereocenters. The molecule has 2 N–H and O–H groups in total. The van der Waals surface area contributed by atoms with Crippen molar-refractivity contribution in [2.45, 2.75) is 18.9 Å². The maximum absolute atomic E-state index is 10.6. The molecule has 1 fully saturated rings. The number of carbonyl (C=O) groups is 2. The molecule has 0 saturated heterocycles. The fourth-order valence-electron chi connectivity index (χ4n) is 0.935. The molecular weight excluding hydrogens is 136 g/mol. The topological polar surface area (TPSA) is 74.6 Å². The number of aliphatic carboxylic acids is 1. The van der Waals surface area contributed by atoms with Gasteiger partial charge in [-0.05, 0) is 6.42 Å². The molecule has 0 aromatic heterocycles. The molecular formula is C6H8O4. The second-order valence-electron chi connectivity index (χ2n) is 2.39. The van der Waals surface area contributed by atoms with Crippen molar-refractivity contribution in [1.29, 1.82) is 0 Å². The van der Waals surface area contributed by atoms with Crippen molar-refractivity contribution in [2.75, 3.05) is 0 Å². The minimum atomic E-state index is -1.48. The molecule has 1 aliphatic rings. The van der Waals surface area contributed by atoms with Crippen LogP contribution >= 0.6 is 0 Å². The SMILES string of the molecule is O=C(O)[C@@H](O)[C@H]1CCC1=O. The van der Waals surface area contributed by atoms with Crippen LogP contribution in [-0.2, 0) is 9.59 Å². The van der Waals surface area contributed by atoms with Crippen LogP contribution in [0.15, 0.2) is 0 Å². The minimum Gasteiger partial charge on any atom is -0.479 e. The number of rotatable bonds is 2. The van der Waals surface area contributed by atoms with Crippen molar-refractivity contribution >= 4 is 11.8 Å². The van der Waals surface area contributed by atoms with Gasteiger partial charge in [-0.15, -0.1) is 0 Å². The quantitative estimate of drug-likeness (QED) is 0.543. The Morgan fingerprint density at radius 1 is 1.70 bits per heavy atom. The summed E-state index contributed by atoms with van der Waals surface area (Å²) in [7, 11) is 0. The third-order valence-corrected chi connectivity index (χ3v) is 1.75. The molecule has 0 aromatic carbocycles. The van der Waals surface area contributed by atoms with Crippen LogP contribution in [0.2, 0.25) is 0 Å². The van der Waals surface area contributed by atoms with Gasteiger partial charge in [0.05, 0.1) is 5.92 Å². The summed E-state index contributed by atoms with van der Waals surface area (Å²) in [6, 6.07) is 0. The highest BCUT2D eigenvalue weighted by Gasteiger charge is 2.38. The number of ketones is 1. The molecule has 0 amide bonds. The summed E-state index contributed by atoms with van der Waals surface area (Å²) in [5.74, 6) is -2.09. The molecule has 2 atom stereocenters. The number of Topliss-reactive ketones (excluding diaryl/α,β-unsaturated/α-hetero) is 1. The van der Waals surface area contributed by atoms with E-state index in [0.717, 1.165) is 0 Å². The Balaban J connectivity index is 2.49. The van der Waals surface area contributed by atoms with E-state index in [4.69, 9.17) is 10.2 Å². The van der Waals surface area contributed by atoms with Crippen LogP contribution in [0.3, 0.4) is 0 Å². The predicted molar refractivity (Wildman–Crippen MR) is 31.4 cm³/mol. The van der Waals surface area contributed by atoms with E-state index in [2.05, 4.69) is 0 Å². The van der Waals surface area contributed by atoms with Gasteiger partial charge >= 0.3 is 5.97 Å². The average molecular weight is 144 g/mol. The maximum Gasteiger partial charge on any atom is 0.333 e. The van der Waals surface area contributed by atoms with Gasteiger partial charge < -0.3 is 10.2 Å². The van der Waals surface area contributed by atoms with E-state index in [-0.39, 0.29) is 5.78 Å². The summed E-state index contributed by atoms with van der Waals surface area (Å²) in [6.45, 7) is 0. The van der Waals surface area contributed by atoms with Crippen molar-refractivity contribution in [1.82, 2.24) is 0 Å². The molecule has 4 heteroatoms. The summed E-state index contributed by atoms with van der Waals surface area (Å²) < 4.78 is 0. The smallest absolute Gasteiger partial charge is 0.333 e. The third kappa shape index (κ3) is 1.02. The first-order valence-corrected chi connectivity index (χ1v) is 3.06. The van der Waals surface area contributed by atoms with E-state index in [0.29, 0.717) is 12.8 Å². The molecule has 0 aliphatic heterocycles. The highest BCUT2D eigenvalue weighted by molar-refractivity contribution is 5.91. The van der Waals surface area contributed by atoms with Crippen LogP contribution in [0.25, 0.3) is 0 Å². The lowest BCUT2D eigenvalue weighted by Gasteiger charge is -2.25. The largest absolute Gasteiger partial charge is 0.479 e. The molecule has 56 valence electrons. The Kier molecular flexibility index (Phi) is 1.72. The fourth-order valence-corrected chi connectivity index (χ4v) is 0.935.